The fourth-order valence-corrected chi connectivity index (χ4v) is 7.66. The first-order valence-corrected chi connectivity index (χ1v) is 15.6. The van der Waals surface area contributed by atoms with Gasteiger partial charge in [0.15, 0.2) is 0 Å². The number of aromatic nitrogens is 3. The van der Waals surface area contributed by atoms with E-state index in [1.807, 2.05) is 13.0 Å². The number of ether oxygens (including phenoxy) is 2. The summed E-state index contributed by atoms with van der Waals surface area (Å²) in [5, 5.41) is 18.8. The third kappa shape index (κ3) is 4.67. The van der Waals surface area contributed by atoms with Gasteiger partial charge in [0, 0.05) is 56.6 Å². The molecule has 1 saturated heterocycles. The third-order valence-electron chi connectivity index (χ3n) is 10.2. The first kappa shape index (κ1) is 30.4. The Bertz CT molecular complexity index is 2040. The number of fused-ring (bicyclic) bond motifs is 8. The quantitative estimate of drug-likeness (QED) is 0.273. The summed E-state index contributed by atoms with van der Waals surface area (Å²) in [5.41, 5.74) is 9.77. The molecule has 0 aromatic carbocycles. The number of nitrogens with one attached hydrogen (secondary N) is 4. The van der Waals surface area contributed by atoms with Crippen LogP contribution in [0.15, 0.2) is 12.3 Å². The van der Waals surface area contributed by atoms with Crippen molar-refractivity contribution < 1.29 is 24.2 Å². The van der Waals surface area contributed by atoms with E-state index in [2.05, 4.69) is 72.8 Å². The lowest BCUT2D eigenvalue weighted by Gasteiger charge is -2.26. The zero-order valence-electron chi connectivity index (χ0n) is 27.0. The molecule has 1 unspecified atom stereocenters. The second-order valence-electron chi connectivity index (χ2n) is 12.4. The van der Waals surface area contributed by atoms with E-state index in [-0.39, 0.29) is 36.0 Å². The summed E-state index contributed by atoms with van der Waals surface area (Å²) in [6.07, 6.45) is 9.83. The summed E-state index contributed by atoms with van der Waals surface area (Å²) in [6, 6.07) is -0.368. The van der Waals surface area contributed by atoms with Crippen LogP contribution < -0.4 is 26.6 Å². The Hall–Kier alpha value is -4.66. The van der Waals surface area contributed by atoms with Gasteiger partial charge in [0.1, 0.15) is 11.7 Å². The van der Waals surface area contributed by atoms with E-state index in [1.165, 1.54) is 25.3 Å². The number of carbonyl (C=O) groups is 2. The highest BCUT2D eigenvalue weighted by atomic mass is 16.5. The van der Waals surface area contributed by atoms with Gasteiger partial charge in [-0.2, -0.15) is 0 Å². The maximum absolute atomic E-state index is 13.3. The summed E-state index contributed by atoms with van der Waals surface area (Å²) < 4.78 is 10.2. The van der Waals surface area contributed by atoms with E-state index >= 15 is 0 Å². The lowest BCUT2D eigenvalue weighted by molar-refractivity contribution is -0.142. The zero-order chi connectivity index (χ0) is 32.3. The number of aliphatic hydroxyl groups is 1. The van der Waals surface area contributed by atoms with E-state index in [0.717, 1.165) is 62.2 Å². The van der Waals surface area contributed by atoms with Crippen LogP contribution in [0, 0.1) is 38.5 Å². The van der Waals surface area contributed by atoms with Gasteiger partial charge >= 0.3 is 11.9 Å². The zero-order valence-corrected chi connectivity index (χ0v) is 27.0. The van der Waals surface area contributed by atoms with Gasteiger partial charge in [-0.15, -0.1) is 0 Å². The molecule has 3 aromatic heterocycles. The number of allylic oxidation sites excluding steroid dienone is 1. The van der Waals surface area contributed by atoms with Crippen molar-refractivity contribution in [1.82, 2.24) is 20.3 Å². The molecule has 2 aliphatic heterocycles. The van der Waals surface area contributed by atoms with Crippen LogP contribution in [-0.2, 0) is 25.5 Å². The van der Waals surface area contributed by atoms with Gasteiger partial charge in [-0.05, 0) is 85.6 Å². The Balaban J connectivity index is 1.71. The van der Waals surface area contributed by atoms with Crippen LogP contribution in [0.3, 0.4) is 0 Å². The highest BCUT2D eigenvalue weighted by molar-refractivity contribution is 5.95. The first-order chi connectivity index (χ1) is 21.5. The molecule has 3 aromatic rings. The highest BCUT2D eigenvalue weighted by Crippen LogP contribution is 2.42. The number of hydrogen-bond donors (Lipinski definition) is 5. The van der Waals surface area contributed by atoms with E-state index in [4.69, 9.17) is 9.47 Å². The molecule has 4 atom stereocenters. The first-order valence-electron chi connectivity index (χ1n) is 15.6. The second kappa shape index (κ2) is 11.4. The second-order valence-corrected chi connectivity index (χ2v) is 12.4. The molecule has 9 heteroatoms. The predicted molar refractivity (Wildman–Crippen MR) is 175 cm³/mol. The Morgan fingerprint density at radius 3 is 2.33 bits per heavy atom. The van der Waals surface area contributed by atoms with E-state index in [1.54, 1.807) is 0 Å². The van der Waals surface area contributed by atoms with Crippen molar-refractivity contribution in [2.45, 2.75) is 59.9 Å². The van der Waals surface area contributed by atoms with Crippen LogP contribution in [0.2, 0.25) is 0 Å². The molecule has 6 rings (SSSR count). The Morgan fingerprint density at radius 1 is 0.956 bits per heavy atom. The van der Waals surface area contributed by atoms with Crippen LogP contribution in [0.5, 0.6) is 0 Å². The topological polar surface area (TPSA) is 132 Å². The summed E-state index contributed by atoms with van der Waals surface area (Å²) in [4.78, 5) is 36.6. The van der Waals surface area contributed by atoms with Gasteiger partial charge in [0.2, 0.25) is 0 Å². The van der Waals surface area contributed by atoms with E-state index < -0.39 is 11.9 Å². The smallest absolute Gasteiger partial charge is 0.320 e. The number of aromatic amines is 3. The lowest BCUT2D eigenvalue weighted by Crippen LogP contribution is -2.38. The molecule has 45 heavy (non-hydrogen) atoms. The highest BCUT2D eigenvalue weighted by Gasteiger charge is 2.46. The average Bonchev–Trinajstić information content (AvgIpc) is 3.76. The molecule has 5 N–H and O–H groups in total. The molecule has 1 fully saturated rings. The van der Waals surface area contributed by atoms with Crippen LogP contribution in [0.25, 0.3) is 35.6 Å². The normalized spacial score (nSPS) is 24.2. The standard InChI is InChI=1S/C36H42N4O5/c1-9-20-16(3)23-13-25-18(5)22(11-12-29(41)44-7)33(39-25)31-32(36(43)45-8)35(42)30-19(6)26(40-34(30)31)15-28-21(10-2)17(4)24(38-28)14-27(20)37-23/h9,13-15,18,22,32-33,37-40,42H,1,10-12H2,2-8H3/b24-14-,25-13-,28-15-/t18-,22-,32+,33?/m0/s1. The largest absolute Gasteiger partial charge is 0.510 e. The summed E-state index contributed by atoms with van der Waals surface area (Å²) in [6.45, 7) is 14.6. The molecule has 236 valence electrons. The van der Waals surface area contributed by atoms with Gasteiger partial charge in [-0.1, -0.05) is 26.5 Å². The number of aliphatic hydroxyl groups excluding tert-OH is 1. The fraction of sp³-hybridized carbons (Fsp3) is 0.389. The number of carbonyl (C=O) groups excluding carboxylic acids is 2. The Kier molecular flexibility index (Phi) is 7.67. The SMILES string of the molecule is C=Cc1c2[nH]c(c1C)/C=C1\NC(C3=c4[nH]c(c(C)c4=C(O)[C@@H]3C(=O)OC)/C=c3\[nH]/c(c(C)c3CC)=C\2)[C@@H](CCC(=O)OC)[C@@H]1C. The van der Waals surface area contributed by atoms with Crippen LogP contribution in [0.1, 0.15) is 71.6 Å². The molecule has 3 aliphatic rings. The van der Waals surface area contributed by atoms with Crippen LogP contribution in [0.4, 0.5) is 0 Å². The van der Waals surface area contributed by atoms with Gasteiger partial charge < -0.3 is 34.8 Å². The maximum atomic E-state index is 13.3. The Labute approximate surface area is 262 Å². The number of hydrogen-bond acceptors (Lipinski definition) is 6. The minimum absolute atomic E-state index is 0.00312. The van der Waals surface area contributed by atoms with Crippen LogP contribution in [-0.4, -0.2) is 52.3 Å². The average molecular weight is 611 g/mol. The van der Waals surface area contributed by atoms with Crippen molar-refractivity contribution in [3.63, 3.8) is 0 Å². The number of esters is 2. The molecule has 0 spiro atoms. The summed E-state index contributed by atoms with van der Waals surface area (Å²) in [5.74, 6) is -1.89. The molecule has 5 heterocycles. The molecule has 9 nitrogen and oxygen atoms in total. The van der Waals surface area contributed by atoms with E-state index in [0.29, 0.717) is 17.0 Å². The molecule has 0 saturated carbocycles. The number of methoxy groups -OCH3 is 2. The maximum Gasteiger partial charge on any atom is 0.320 e. The van der Waals surface area contributed by atoms with Crippen molar-refractivity contribution in [1.29, 1.82) is 0 Å². The van der Waals surface area contributed by atoms with Crippen molar-refractivity contribution in [2.75, 3.05) is 14.2 Å². The molecular weight excluding hydrogens is 568 g/mol. The van der Waals surface area contributed by atoms with Crippen molar-refractivity contribution in [3.8, 4) is 0 Å². The number of rotatable bonds is 6. The number of H-pyrrole nitrogens is 3. The predicted octanol–water partition coefficient (Wildman–Crippen LogP) is 2.61. The van der Waals surface area contributed by atoms with Gasteiger partial charge in [0.05, 0.1) is 25.6 Å². The Morgan fingerprint density at radius 2 is 1.67 bits per heavy atom. The van der Waals surface area contributed by atoms with E-state index in [9.17, 15) is 14.7 Å². The molecule has 8 bridgehead atoms. The minimum atomic E-state index is -0.973. The van der Waals surface area contributed by atoms with Crippen molar-refractivity contribution >= 4 is 47.6 Å². The monoisotopic (exact) mass is 610 g/mol. The lowest BCUT2D eigenvalue weighted by atomic mass is 9.80. The summed E-state index contributed by atoms with van der Waals surface area (Å²) >= 11 is 0. The van der Waals surface area contributed by atoms with Gasteiger partial charge in [-0.25, -0.2) is 0 Å². The van der Waals surface area contributed by atoms with Gasteiger partial charge in [-0.3, -0.25) is 9.59 Å². The molecule has 0 radical (unpaired) electrons. The molecule has 1 aliphatic carbocycles. The third-order valence-corrected chi connectivity index (χ3v) is 10.2. The van der Waals surface area contributed by atoms with Gasteiger partial charge in [0.25, 0.3) is 0 Å². The molecular formula is C36H42N4O5. The minimum Gasteiger partial charge on any atom is -0.510 e. The summed E-state index contributed by atoms with van der Waals surface area (Å²) in [7, 11) is 2.73. The van der Waals surface area contributed by atoms with Crippen molar-refractivity contribution in [3.05, 3.63) is 78.4 Å². The van der Waals surface area contributed by atoms with Crippen molar-refractivity contribution in [2.24, 2.45) is 17.8 Å². The van der Waals surface area contributed by atoms with Crippen LogP contribution >= 0.6 is 0 Å². The molecule has 0 amide bonds. The fourth-order valence-electron chi connectivity index (χ4n) is 7.66.